The molecule has 9 nitrogen and oxygen atoms in total. The molecule has 32 heavy (non-hydrogen) atoms. The zero-order chi connectivity index (χ0) is 22.2. The molecule has 0 radical (unpaired) electrons. The van der Waals surface area contributed by atoms with E-state index in [4.69, 9.17) is 4.74 Å². The number of benzene rings is 1. The summed E-state index contributed by atoms with van der Waals surface area (Å²) in [7, 11) is 0. The number of rotatable bonds is 6. The molecule has 3 aromatic rings. The van der Waals surface area contributed by atoms with Crippen LogP contribution in [0.4, 0.5) is 10.2 Å². The van der Waals surface area contributed by atoms with E-state index >= 15 is 0 Å². The van der Waals surface area contributed by atoms with E-state index in [0.717, 1.165) is 31.2 Å². The van der Waals surface area contributed by atoms with E-state index in [2.05, 4.69) is 19.9 Å². The second-order valence-corrected chi connectivity index (χ2v) is 8.44. The standard InChI is InChI=1S/C22H26FN5O4/c23-14-7-5-13(6-8-14)9-27(15-3-1-2-4-15)20-17-21(25-11-24-20)28(12-26-17)22-19(31)18(30)16(10-29)32-22/h5-8,11-12,15-16,18-19,22,29-31H,1-4,9-10H2/t16-,18-,19-,22-/m1/s1. The number of ether oxygens (including phenoxy) is 1. The summed E-state index contributed by atoms with van der Waals surface area (Å²) >= 11 is 0. The molecule has 1 saturated heterocycles. The molecule has 2 fully saturated rings. The SMILES string of the molecule is OC[C@H]1O[C@@H](n2cnc3c(N(Cc4ccc(F)cc4)C4CCCC4)ncnc32)[C@H](O)[C@@H]1O. The first-order chi connectivity index (χ1) is 15.6. The van der Waals surface area contributed by atoms with Crippen LogP contribution < -0.4 is 4.90 Å². The molecule has 10 heteroatoms. The summed E-state index contributed by atoms with van der Waals surface area (Å²) in [5.74, 6) is 0.388. The van der Waals surface area contributed by atoms with Gasteiger partial charge in [0.1, 0.15) is 30.5 Å². The minimum atomic E-state index is -1.23. The molecule has 0 bridgehead atoms. The second kappa shape index (κ2) is 8.70. The monoisotopic (exact) mass is 443 g/mol. The lowest BCUT2D eigenvalue weighted by molar-refractivity contribution is -0.0511. The Kier molecular flexibility index (Phi) is 5.76. The van der Waals surface area contributed by atoms with Crippen molar-refractivity contribution in [1.29, 1.82) is 0 Å². The van der Waals surface area contributed by atoms with Crippen LogP contribution in [-0.2, 0) is 11.3 Å². The molecule has 1 aliphatic heterocycles. The van der Waals surface area contributed by atoms with E-state index in [9.17, 15) is 19.7 Å². The smallest absolute Gasteiger partial charge is 0.167 e. The van der Waals surface area contributed by atoms with Crippen LogP contribution in [0, 0.1) is 5.82 Å². The van der Waals surface area contributed by atoms with E-state index in [0.29, 0.717) is 23.5 Å². The van der Waals surface area contributed by atoms with Gasteiger partial charge in [0.15, 0.2) is 23.2 Å². The van der Waals surface area contributed by atoms with Crippen molar-refractivity contribution < 1.29 is 24.4 Å². The third-order valence-electron chi connectivity index (χ3n) is 6.43. The highest BCUT2D eigenvalue weighted by atomic mass is 19.1. The fraction of sp³-hybridized carbons (Fsp3) is 0.500. The summed E-state index contributed by atoms with van der Waals surface area (Å²) in [5, 5.41) is 30.0. The van der Waals surface area contributed by atoms with Gasteiger partial charge < -0.3 is 25.0 Å². The first kappa shape index (κ1) is 21.2. The Morgan fingerprint density at radius 1 is 1.06 bits per heavy atom. The molecule has 3 heterocycles. The number of aliphatic hydroxyl groups excluding tert-OH is 3. The number of hydrogen-bond acceptors (Lipinski definition) is 8. The van der Waals surface area contributed by atoms with Gasteiger partial charge in [-0.25, -0.2) is 19.3 Å². The molecule has 0 unspecified atom stereocenters. The number of hydrogen-bond donors (Lipinski definition) is 3. The lowest BCUT2D eigenvalue weighted by Crippen LogP contribution is -2.34. The van der Waals surface area contributed by atoms with E-state index in [1.165, 1.54) is 24.8 Å². The van der Waals surface area contributed by atoms with Crippen molar-refractivity contribution in [2.75, 3.05) is 11.5 Å². The van der Waals surface area contributed by atoms with E-state index in [1.807, 2.05) is 0 Å². The van der Waals surface area contributed by atoms with Crippen molar-refractivity contribution in [1.82, 2.24) is 19.5 Å². The van der Waals surface area contributed by atoms with Gasteiger partial charge in [0.25, 0.3) is 0 Å². The lowest BCUT2D eigenvalue weighted by Gasteiger charge is -2.30. The van der Waals surface area contributed by atoms with Gasteiger partial charge in [0, 0.05) is 12.6 Å². The van der Waals surface area contributed by atoms with Crippen LogP contribution in [0.1, 0.15) is 37.5 Å². The van der Waals surface area contributed by atoms with Crippen LogP contribution in [0.25, 0.3) is 11.2 Å². The molecule has 1 aromatic carbocycles. The molecule has 0 spiro atoms. The zero-order valence-electron chi connectivity index (χ0n) is 17.5. The third-order valence-corrected chi connectivity index (χ3v) is 6.43. The summed E-state index contributed by atoms with van der Waals surface area (Å²) in [6, 6.07) is 6.72. The van der Waals surface area contributed by atoms with Crippen LogP contribution in [0.3, 0.4) is 0 Å². The average Bonchev–Trinajstić information content (AvgIpc) is 3.54. The Balaban J connectivity index is 1.52. The van der Waals surface area contributed by atoms with Crippen molar-refractivity contribution >= 4 is 17.0 Å². The average molecular weight is 443 g/mol. The first-order valence-corrected chi connectivity index (χ1v) is 10.9. The summed E-state index contributed by atoms with van der Waals surface area (Å²) in [5.41, 5.74) is 1.99. The number of aliphatic hydroxyl groups is 3. The highest BCUT2D eigenvalue weighted by molar-refractivity contribution is 5.83. The largest absolute Gasteiger partial charge is 0.394 e. The van der Waals surface area contributed by atoms with E-state index in [1.54, 1.807) is 16.7 Å². The van der Waals surface area contributed by atoms with Gasteiger partial charge >= 0.3 is 0 Å². The van der Waals surface area contributed by atoms with Crippen LogP contribution in [-0.4, -0.2) is 65.8 Å². The third kappa shape index (κ3) is 3.73. The van der Waals surface area contributed by atoms with Gasteiger partial charge in [0.2, 0.25) is 0 Å². The number of aromatic nitrogens is 4. The topological polar surface area (TPSA) is 117 Å². The predicted octanol–water partition coefficient (Wildman–Crippen LogP) is 1.53. The second-order valence-electron chi connectivity index (χ2n) is 8.44. The van der Waals surface area contributed by atoms with Gasteiger partial charge in [-0.05, 0) is 30.5 Å². The molecule has 5 rings (SSSR count). The lowest BCUT2D eigenvalue weighted by atomic mass is 10.1. The number of halogens is 1. The number of fused-ring (bicyclic) bond motifs is 1. The fourth-order valence-electron chi connectivity index (χ4n) is 4.73. The van der Waals surface area contributed by atoms with Crippen molar-refractivity contribution in [2.45, 2.75) is 62.8 Å². The summed E-state index contributed by atoms with van der Waals surface area (Å²) in [6.07, 6.45) is 3.03. The normalized spacial score (nSPS) is 26.2. The van der Waals surface area contributed by atoms with E-state index in [-0.39, 0.29) is 11.9 Å². The summed E-state index contributed by atoms with van der Waals surface area (Å²) in [6.45, 7) is 0.145. The molecule has 1 saturated carbocycles. The summed E-state index contributed by atoms with van der Waals surface area (Å²) in [4.78, 5) is 15.6. The Hall–Kier alpha value is -2.66. The van der Waals surface area contributed by atoms with Crippen LogP contribution in [0.15, 0.2) is 36.9 Å². The molecule has 2 aliphatic rings. The molecular formula is C22H26FN5O4. The van der Waals surface area contributed by atoms with E-state index < -0.39 is 31.1 Å². The highest BCUT2D eigenvalue weighted by Gasteiger charge is 2.44. The number of anilines is 1. The van der Waals surface area contributed by atoms with Gasteiger partial charge in [-0.3, -0.25) is 4.57 Å². The maximum absolute atomic E-state index is 13.4. The van der Waals surface area contributed by atoms with Gasteiger partial charge in [-0.1, -0.05) is 25.0 Å². The van der Waals surface area contributed by atoms with Gasteiger partial charge in [-0.15, -0.1) is 0 Å². The molecule has 170 valence electrons. The molecule has 4 atom stereocenters. The molecule has 2 aromatic heterocycles. The predicted molar refractivity (Wildman–Crippen MR) is 113 cm³/mol. The maximum atomic E-state index is 13.4. The number of nitrogens with zero attached hydrogens (tertiary/aromatic N) is 5. The molecule has 1 aliphatic carbocycles. The molecule has 3 N–H and O–H groups in total. The maximum Gasteiger partial charge on any atom is 0.167 e. The van der Waals surface area contributed by atoms with Gasteiger partial charge in [-0.2, -0.15) is 0 Å². The Labute approximate surface area is 184 Å². The quantitative estimate of drug-likeness (QED) is 0.525. The molecular weight excluding hydrogens is 417 g/mol. The van der Waals surface area contributed by atoms with Crippen LogP contribution in [0.5, 0.6) is 0 Å². The Morgan fingerprint density at radius 2 is 1.81 bits per heavy atom. The van der Waals surface area contributed by atoms with Crippen molar-refractivity contribution in [2.24, 2.45) is 0 Å². The molecule has 0 amide bonds. The van der Waals surface area contributed by atoms with Crippen LogP contribution in [0.2, 0.25) is 0 Å². The highest BCUT2D eigenvalue weighted by Crippen LogP contribution is 2.35. The van der Waals surface area contributed by atoms with Crippen molar-refractivity contribution in [3.63, 3.8) is 0 Å². The Bertz CT molecular complexity index is 1070. The van der Waals surface area contributed by atoms with Crippen molar-refractivity contribution in [3.05, 3.63) is 48.3 Å². The van der Waals surface area contributed by atoms with Crippen LogP contribution >= 0.6 is 0 Å². The zero-order valence-corrected chi connectivity index (χ0v) is 17.5. The minimum absolute atomic E-state index is 0.275. The van der Waals surface area contributed by atoms with Crippen molar-refractivity contribution in [3.8, 4) is 0 Å². The van der Waals surface area contributed by atoms with Gasteiger partial charge in [0.05, 0.1) is 12.9 Å². The summed E-state index contributed by atoms with van der Waals surface area (Å²) < 4.78 is 20.6. The first-order valence-electron chi connectivity index (χ1n) is 10.9. The Morgan fingerprint density at radius 3 is 2.50 bits per heavy atom. The number of imidazole rings is 1. The minimum Gasteiger partial charge on any atom is -0.394 e. The fourth-order valence-corrected chi connectivity index (χ4v) is 4.73.